The van der Waals surface area contributed by atoms with Crippen molar-refractivity contribution < 1.29 is 0 Å². The number of rotatable bonds is 3. The summed E-state index contributed by atoms with van der Waals surface area (Å²) in [6, 6.07) is 6.06. The van der Waals surface area contributed by atoms with Crippen LogP contribution in [0.2, 0.25) is 0 Å². The molecule has 3 nitrogen and oxygen atoms in total. The molecule has 2 rings (SSSR count). The maximum atomic E-state index is 5.87. The summed E-state index contributed by atoms with van der Waals surface area (Å²) in [5.74, 6) is 0. The van der Waals surface area contributed by atoms with Crippen LogP contribution < -0.4 is 5.73 Å². The molecule has 5 heteroatoms. The Morgan fingerprint density at radius 3 is 2.61 bits per heavy atom. The van der Waals surface area contributed by atoms with Crippen LogP contribution in [0.25, 0.3) is 5.69 Å². The second kappa shape index (κ2) is 5.12. The van der Waals surface area contributed by atoms with E-state index in [4.69, 9.17) is 18.0 Å². The highest BCUT2D eigenvalue weighted by atomic mass is 32.2. The normalized spacial score (nSPS) is 10.6. The number of imidazole rings is 1. The Bertz CT molecular complexity index is 602. The van der Waals surface area contributed by atoms with Gasteiger partial charge in [-0.25, -0.2) is 4.98 Å². The topological polar surface area (TPSA) is 43.8 Å². The summed E-state index contributed by atoms with van der Waals surface area (Å²) in [6.07, 6.45) is 3.83. The SMILES string of the molecule is CSc1cccc(-n2cnc(C)c2C)c1C(N)=S. The van der Waals surface area contributed by atoms with Gasteiger partial charge in [-0.2, -0.15) is 0 Å². The minimum atomic E-state index is 0.417. The third kappa shape index (κ3) is 2.15. The van der Waals surface area contributed by atoms with Gasteiger partial charge in [0.1, 0.15) is 4.99 Å². The van der Waals surface area contributed by atoms with E-state index < -0.39 is 0 Å². The predicted octanol–water partition coefficient (Wildman–Crippen LogP) is 2.85. The zero-order valence-electron chi connectivity index (χ0n) is 10.6. The van der Waals surface area contributed by atoms with E-state index in [2.05, 4.69) is 4.98 Å². The zero-order valence-corrected chi connectivity index (χ0v) is 12.2. The lowest BCUT2D eigenvalue weighted by Crippen LogP contribution is -2.15. The molecule has 0 atom stereocenters. The van der Waals surface area contributed by atoms with Gasteiger partial charge in [0.25, 0.3) is 0 Å². The Morgan fingerprint density at radius 2 is 2.11 bits per heavy atom. The Balaban J connectivity index is 2.71. The van der Waals surface area contributed by atoms with Crippen molar-refractivity contribution in [3.63, 3.8) is 0 Å². The van der Waals surface area contributed by atoms with Gasteiger partial charge in [0.2, 0.25) is 0 Å². The molecule has 0 spiro atoms. The molecule has 0 aliphatic rings. The molecule has 0 aliphatic carbocycles. The summed E-state index contributed by atoms with van der Waals surface area (Å²) in [5.41, 5.74) is 9.89. The predicted molar refractivity (Wildman–Crippen MR) is 80.7 cm³/mol. The van der Waals surface area contributed by atoms with Crippen molar-refractivity contribution in [3.05, 3.63) is 41.5 Å². The molecule has 1 aromatic carbocycles. The van der Waals surface area contributed by atoms with Crippen LogP contribution in [0.5, 0.6) is 0 Å². The monoisotopic (exact) mass is 277 g/mol. The second-order valence-corrected chi connectivity index (χ2v) is 5.29. The number of thioether (sulfide) groups is 1. The molecule has 0 aliphatic heterocycles. The van der Waals surface area contributed by atoms with Crippen molar-refractivity contribution >= 4 is 29.0 Å². The molecule has 0 radical (unpaired) electrons. The standard InChI is InChI=1S/C13H15N3S2/c1-8-9(2)16(7-15-8)10-5-4-6-11(18-3)12(10)13(14)17/h4-7H,1-3H3,(H2,14,17). The molecule has 0 amide bonds. The number of aryl methyl sites for hydroxylation is 1. The molecule has 2 aromatic rings. The van der Waals surface area contributed by atoms with Gasteiger partial charge in [0.15, 0.2) is 0 Å². The highest BCUT2D eigenvalue weighted by Crippen LogP contribution is 2.27. The number of benzene rings is 1. The third-order valence-corrected chi connectivity index (χ3v) is 3.97. The van der Waals surface area contributed by atoms with Crippen molar-refractivity contribution in [3.8, 4) is 5.69 Å². The quantitative estimate of drug-likeness (QED) is 0.692. The maximum absolute atomic E-state index is 5.87. The number of hydrogen-bond donors (Lipinski definition) is 1. The van der Waals surface area contributed by atoms with E-state index in [0.29, 0.717) is 4.99 Å². The van der Waals surface area contributed by atoms with Crippen molar-refractivity contribution in [2.75, 3.05) is 6.26 Å². The van der Waals surface area contributed by atoms with Crippen molar-refractivity contribution in [2.24, 2.45) is 5.73 Å². The Morgan fingerprint density at radius 1 is 1.39 bits per heavy atom. The number of nitrogens with two attached hydrogens (primary N) is 1. The molecule has 0 unspecified atom stereocenters. The molecular formula is C13H15N3S2. The number of thiocarbonyl (C=S) groups is 1. The fourth-order valence-corrected chi connectivity index (χ4v) is 2.79. The number of hydrogen-bond acceptors (Lipinski definition) is 3. The molecule has 1 heterocycles. The smallest absolute Gasteiger partial charge is 0.107 e. The number of nitrogens with zero attached hydrogens (tertiary/aromatic N) is 2. The largest absolute Gasteiger partial charge is 0.389 e. The first-order valence-electron chi connectivity index (χ1n) is 5.54. The van der Waals surface area contributed by atoms with E-state index in [1.54, 1.807) is 11.8 Å². The van der Waals surface area contributed by atoms with Gasteiger partial charge in [-0.3, -0.25) is 0 Å². The first kappa shape index (κ1) is 13.1. The van der Waals surface area contributed by atoms with Crippen LogP contribution in [0.15, 0.2) is 29.4 Å². The molecular weight excluding hydrogens is 262 g/mol. The summed E-state index contributed by atoms with van der Waals surface area (Å²) in [5, 5.41) is 0. The molecule has 0 fully saturated rings. The Labute approximate surface area is 116 Å². The Hall–Kier alpha value is -1.33. The van der Waals surface area contributed by atoms with Gasteiger partial charge >= 0.3 is 0 Å². The molecule has 0 bridgehead atoms. The van der Waals surface area contributed by atoms with Crippen LogP contribution in [-0.4, -0.2) is 20.8 Å². The van der Waals surface area contributed by atoms with E-state index in [1.807, 2.05) is 49.2 Å². The van der Waals surface area contributed by atoms with Gasteiger partial charge < -0.3 is 10.3 Å². The maximum Gasteiger partial charge on any atom is 0.107 e. The van der Waals surface area contributed by atoms with Gasteiger partial charge in [-0.05, 0) is 32.2 Å². The van der Waals surface area contributed by atoms with Gasteiger partial charge in [0, 0.05) is 16.2 Å². The third-order valence-electron chi connectivity index (χ3n) is 2.98. The molecule has 0 saturated heterocycles. The Kier molecular flexibility index (Phi) is 3.73. The van der Waals surface area contributed by atoms with Crippen LogP contribution in [0.4, 0.5) is 0 Å². The van der Waals surface area contributed by atoms with Crippen LogP contribution in [0, 0.1) is 13.8 Å². The lowest BCUT2D eigenvalue weighted by molar-refractivity contribution is 0.991. The van der Waals surface area contributed by atoms with Gasteiger partial charge in [0.05, 0.1) is 17.7 Å². The molecule has 2 N–H and O–H groups in total. The first-order valence-corrected chi connectivity index (χ1v) is 7.17. The van der Waals surface area contributed by atoms with Crippen molar-refractivity contribution in [1.82, 2.24) is 9.55 Å². The average molecular weight is 277 g/mol. The van der Waals surface area contributed by atoms with E-state index in [9.17, 15) is 0 Å². The summed E-state index contributed by atoms with van der Waals surface area (Å²) >= 11 is 6.83. The highest BCUT2D eigenvalue weighted by molar-refractivity contribution is 7.98. The van der Waals surface area contributed by atoms with Crippen molar-refractivity contribution in [1.29, 1.82) is 0 Å². The summed E-state index contributed by atoms with van der Waals surface area (Å²) in [4.78, 5) is 5.83. The fraction of sp³-hybridized carbons (Fsp3) is 0.231. The first-order chi connectivity index (χ1) is 8.56. The van der Waals surface area contributed by atoms with Crippen LogP contribution in [0.1, 0.15) is 17.0 Å². The van der Waals surface area contributed by atoms with E-state index in [0.717, 1.165) is 27.5 Å². The summed E-state index contributed by atoms with van der Waals surface area (Å²) < 4.78 is 2.03. The van der Waals surface area contributed by atoms with Crippen LogP contribution in [0.3, 0.4) is 0 Å². The fourth-order valence-electron chi connectivity index (χ4n) is 1.88. The molecule has 0 saturated carbocycles. The minimum Gasteiger partial charge on any atom is -0.389 e. The second-order valence-electron chi connectivity index (χ2n) is 4.00. The lowest BCUT2D eigenvalue weighted by atomic mass is 10.1. The summed E-state index contributed by atoms with van der Waals surface area (Å²) in [7, 11) is 0. The van der Waals surface area contributed by atoms with Crippen LogP contribution in [-0.2, 0) is 0 Å². The number of aromatic nitrogens is 2. The van der Waals surface area contributed by atoms with Crippen LogP contribution >= 0.6 is 24.0 Å². The lowest BCUT2D eigenvalue weighted by Gasteiger charge is -2.14. The molecule has 1 aromatic heterocycles. The van der Waals surface area contributed by atoms with E-state index in [1.165, 1.54) is 0 Å². The van der Waals surface area contributed by atoms with Crippen molar-refractivity contribution in [2.45, 2.75) is 18.7 Å². The van der Waals surface area contributed by atoms with Gasteiger partial charge in [-0.1, -0.05) is 18.3 Å². The molecule has 94 valence electrons. The van der Waals surface area contributed by atoms with E-state index in [-0.39, 0.29) is 0 Å². The zero-order chi connectivity index (χ0) is 13.3. The highest BCUT2D eigenvalue weighted by Gasteiger charge is 2.14. The van der Waals surface area contributed by atoms with E-state index >= 15 is 0 Å². The van der Waals surface area contributed by atoms with Gasteiger partial charge in [-0.15, -0.1) is 11.8 Å². The summed E-state index contributed by atoms with van der Waals surface area (Å²) in [6.45, 7) is 4.03. The minimum absolute atomic E-state index is 0.417. The molecule has 18 heavy (non-hydrogen) atoms. The average Bonchev–Trinajstić information content (AvgIpc) is 2.69.